The van der Waals surface area contributed by atoms with Crippen molar-refractivity contribution in [3.8, 4) is 0 Å². The molecule has 0 bridgehead atoms. The van der Waals surface area contributed by atoms with Crippen LogP contribution in [0.3, 0.4) is 0 Å². The molecule has 37 heavy (non-hydrogen) atoms. The van der Waals surface area contributed by atoms with Crippen molar-refractivity contribution >= 4 is 45.6 Å². The summed E-state index contributed by atoms with van der Waals surface area (Å²) in [6.45, 7) is 8.44. The van der Waals surface area contributed by atoms with Gasteiger partial charge in [-0.15, -0.1) is 11.3 Å². The molecule has 2 N–H and O–H groups in total. The van der Waals surface area contributed by atoms with Crippen molar-refractivity contribution in [2.75, 3.05) is 6.61 Å². The maximum absolute atomic E-state index is 13.0. The third-order valence-electron chi connectivity index (χ3n) is 7.37. The minimum absolute atomic E-state index is 0.0819. The van der Waals surface area contributed by atoms with Crippen LogP contribution >= 0.6 is 11.3 Å². The first-order valence-electron chi connectivity index (χ1n) is 12.3. The van der Waals surface area contributed by atoms with Gasteiger partial charge < -0.3 is 24.6 Å². The summed E-state index contributed by atoms with van der Waals surface area (Å²) in [7, 11) is 0. The van der Waals surface area contributed by atoms with E-state index < -0.39 is 41.5 Å². The minimum Gasteiger partial charge on any atom is -0.477 e. The molecule has 0 saturated carbocycles. The Bertz CT molecular complexity index is 1290. The number of thiazole rings is 1. The highest BCUT2D eigenvalue weighted by Gasteiger charge is 2.66. The monoisotopic (exact) mass is 533 g/mol. The lowest BCUT2D eigenvalue weighted by Crippen LogP contribution is -2.66. The average molecular weight is 534 g/mol. The number of carboxylic acid groups (broad SMARTS) is 1. The smallest absolute Gasteiger partial charge is 0.477 e. The van der Waals surface area contributed by atoms with Crippen molar-refractivity contribution in [3.05, 3.63) is 28.8 Å². The van der Waals surface area contributed by atoms with Gasteiger partial charge in [-0.25, -0.2) is 14.6 Å². The number of amides is 1. The van der Waals surface area contributed by atoms with Crippen molar-refractivity contribution in [1.29, 1.82) is 0 Å². The molecule has 2 aliphatic rings. The number of hydrogen-bond donors (Lipinski definition) is 2. The molecule has 4 heterocycles. The maximum Gasteiger partial charge on any atom is 0.508 e. The number of fused-ring (bicyclic) bond motifs is 2. The van der Waals surface area contributed by atoms with Crippen LogP contribution in [0.1, 0.15) is 69.2 Å². The van der Waals surface area contributed by atoms with Gasteiger partial charge >= 0.3 is 12.1 Å². The van der Waals surface area contributed by atoms with Crippen LogP contribution in [0.4, 0.5) is 4.79 Å². The van der Waals surface area contributed by atoms with Gasteiger partial charge in [-0.05, 0) is 26.2 Å². The molecule has 4 rings (SSSR count). The van der Waals surface area contributed by atoms with E-state index in [1.807, 2.05) is 20.8 Å². The average Bonchev–Trinajstić information content (AvgIpc) is 3.45. The van der Waals surface area contributed by atoms with Gasteiger partial charge in [0, 0.05) is 24.1 Å². The van der Waals surface area contributed by atoms with Gasteiger partial charge in [0.05, 0.1) is 29.5 Å². The summed E-state index contributed by atoms with van der Waals surface area (Å²) in [5.41, 5.74) is -0.495. The zero-order valence-electron chi connectivity index (χ0n) is 21.4. The Balaban J connectivity index is 1.74. The lowest BCUT2D eigenvalue weighted by molar-refractivity contribution is -0.167. The van der Waals surface area contributed by atoms with Gasteiger partial charge in [-0.1, -0.05) is 20.8 Å². The van der Waals surface area contributed by atoms with Gasteiger partial charge in [-0.2, -0.15) is 0 Å². The van der Waals surface area contributed by atoms with Crippen LogP contribution in [0.25, 0.3) is 10.4 Å². The Morgan fingerprint density at radius 1 is 1.27 bits per heavy atom. The Morgan fingerprint density at radius 2 is 1.95 bits per heavy atom. The molecule has 1 fully saturated rings. The summed E-state index contributed by atoms with van der Waals surface area (Å²) in [4.78, 5) is 56.2. The summed E-state index contributed by atoms with van der Waals surface area (Å²) >= 11 is 1.20. The molecule has 0 aromatic carbocycles. The molecular weight excluding hydrogens is 502 g/mol. The van der Waals surface area contributed by atoms with Crippen molar-refractivity contribution < 1.29 is 38.9 Å². The fraction of sp³-hybridized carbons (Fsp3) is 0.560. The van der Waals surface area contributed by atoms with Crippen molar-refractivity contribution in [2.45, 2.75) is 72.1 Å². The number of ether oxygens (including phenoxy) is 2. The number of β-lactam (4-membered cyclic amide) rings is 1. The number of imidazole rings is 1. The molecule has 200 valence electrons. The highest BCUT2D eigenvalue weighted by Crippen LogP contribution is 2.59. The first kappa shape index (κ1) is 26.8. The van der Waals surface area contributed by atoms with E-state index in [-0.39, 0.29) is 36.3 Å². The molecule has 1 amide bonds. The first-order valence-corrected chi connectivity index (χ1v) is 13.1. The summed E-state index contributed by atoms with van der Waals surface area (Å²) in [5.74, 6) is -2.79. The second kappa shape index (κ2) is 9.90. The number of carboxylic acids is 1. The zero-order valence-corrected chi connectivity index (χ0v) is 22.2. The first-order chi connectivity index (χ1) is 17.5. The fourth-order valence-electron chi connectivity index (χ4n) is 5.46. The molecular formula is C25H31N3O8S. The van der Waals surface area contributed by atoms with E-state index in [0.717, 1.165) is 0 Å². The number of aliphatic carboxylic acids is 1. The second-order valence-electron chi connectivity index (χ2n) is 9.73. The predicted molar refractivity (Wildman–Crippen MR) is 133 cm³/mol. The second-order valence-corrected chi connectivity index (χ2v) is 10.8. The number of aromatic nitrogens is 2. The highest BCUT2D eigenvalue weighted by molar-refractivity contribution is 7.18. The van der Waals surface area contributed by atoms with E-state index in [4.69, 9.17) is 9.47 Å². The number of carbonyl (C=O) groups is 4. The highest BCUT2D eigenvalue weighted by atomic mass is 32.1. The molecule has 2 aromatic rings. The standard InChI is InChI=1S/C25H31N3O8S/c1-6-14(7-2)36-24(34)35-9-8-25(5)17(15-10-27-11-26-18(13(4)30)22(27)37-15)19(23(32)33)28-20(25)16(12(3)29)21(28)31/h10-12,14,16,20,29H,6-9H2,1-5H3,(H,32,33)/t12-,16-,20-,25+/m1/s1. The van der Waals surface area contributed by atoms with E-state index in [0.29, 0.717) is 28.1 Å². The van der Waals surface area contributed by atoms with Crippen molar-refractivity contribution in [1.82, 2.24) is 14.3 Å². The molecule has 0 spiro atoms. The number of Topliss-reactive ketones (excluding diaryl/α,β-unsaturated/α-hetero) is 1. The van der Waals surface area contributed by atoms with E-state index in [9.17, 15) is 29.4 Å². The Labute approximate surface area is 217 Å². The Morgan fingerprint density at radius 3 is 2.51 bits per heavy atom. The van der Waals surface area contributed by atoms with Gasteiger partial charge in [0.15, 0.2) is 5.78 Å². The predicted octanol–water partition coefficient (Wildman–Crippen LogP) is 3.35. The molecule has 2 aliphatic heterocycles. The van der Waals surface area contributed by atoms with E-state index in [1.54, 1.807) is 10.6 Å². The third kappa shape index (κ3) is 4.31. The number of rotatable bonds is 10. The number of carbonyl (C=O) groups excluding carboxylic acids is 3. The number of hydrogen-bond acceptors (Lipinski definition) is 9. The van der Waals surface area contributed by atoms with Crippen LogP contribution < -0.4 is 0 Å². The summed E-state index contributed by atoms with van der Waals surface area (Å²) in [6, 6.07) is -0.647. The van der Waals surface area contributed by atoms with Gasteiger partial charge in [0.1, 0.15) is 28.7 Å². The topological polar surface area (TPSA) is 148 Å². The quantitative estimate of drug-likeness (QED) is 0.266. The van der Waals surface area contributed by atoms with Crippen LogP contribution in [0.2, 0.25) is 0 Å². The SMILES string of the molecule is CCC(CC)OC(=O)OCC[C@@]1(C)C(c2cn3cnc(C(C)=O)c3s2)=C(C(=O)O)N2C(=O)[C@H]([C@@H](C)O)[C@@H]21. The van der Waals surface area contributed by atoms with Gasteiger partial charge in [-0.3, -0.25) is 14.0 Å². The molecule has 4 atom stereocenters. The van der Waals surface area contributed by atoms with Crippen LogP contribution in [0.15, 0.2) is 18.2 Å². The molecule has 1 saturated heterocycles. The summed E-state index contributed by atoms with van der Waals surface area (Å²) in [6.07, 6.45) is 2.57. The van der Waals surface area contributed by atoms with E-state index in [2.05, 4.69) is 4.98 Å². The molecule has 0 aliphatic carbocycles. The van der Waals surface area contributed by atoms with Crippen LogP contribution in [0, 0.1) is 11.3 Å². The normalized spacial score (nSPS) is 23.9. The fourth-order valence-corrected chi connectivity index (χ4v) is 6.77. The summed E-state index contributed by atoms with van der Waals surface area (Å²) in [5, 5.41) is 20.6. The Hall–Kier alpha value is -3.25. The largest absolute Gasteiger partial charge is 0.508 e. The van der Waals surface area contributed by atoms with Gasteiger partial charge in [0.25, 0.3) is 0 Å². The number of nitrogens with zero attached hydrogens (tertiary/aromatic N) is 3. The van der Waals surface area contributed by atoms with Crippen molar-refractivity contribution in [2.24, 2.45) is 11.3 Å². The van der Waals surface area contributed by atoms with Crippen LogP contribution in [-0.4, -0.2) is 73.2 Å². The lowest BCUT2D eigenvalue weighted by Gasteiger charge is -2.50. The number of aliphatic hydroxyl groups is 1. The molecule has 2 aromatic heterocycles. The molecule has 0 radical (unpaired) electrons. The zero-order chi connectivity index (χ0) is 27.2. The van der Waals surface area contributed by atoms with Crippen LogP contribution in [-0.2, 0) is 19.1 Å². The Kier molecular flexibility index (Phi) is 7.17. The lowest BCUT2D eigenvalue weighted by atomic mass is 9.66. The minimum atomic E-state index is -1.28. The third-order valence-corrected chi connectivity index (χ3v) is 8.50. The molecule has 11 nitrogen and oxygen atoms in total. The number of ketones is 1. The van der Waals surface area contributed by atoms with E-state index in [1.165, 1.54) is 36.4 Å². The number of aliphatic hydroxyl groups excluding tert-OH is 1. The molecule has 0 unspecified atom stereocenters. The summed E-state index contributed by atoms with van der Waals surface area (Å²) < 4.78 is 12.3. The molecule has 12 heteroatoms. The van der Waals surface area contributed by atoms with E-state index >= 15 is 0 Å². The van der Waals surface area contributed by atoms with Crippen molar-refractivity contribution in [3.63, 3.8) is 0 Å². The van der Waals surface area contributed by atoms with Crippen LogP contribution in [0.5, 0.6) is 0 Å². The maximum atomic E-state index is 13.0. The van der Waals surface area contributed by atoms with Gasteiger partial charge in [0.2, 0.25) is 5.91 Å².